The van der Waals surface area contributed by atoms with Crippen LogP contribution in [0.2, 0.25) is 0 Å². The fourth-order valence-corrected chi connectivity index (χ4v) is 3.74. The number of nitrogens with zero attached hydrogens (tertiary/aromatic N) is 4. The first-order chi connectivity index (χ1) is 12.8. The second kappa shape index (κ2) is 7.58. The van der Waals surface area contributed by atoms with Gasteiger partial charge in [-0.25, -0.2) is 4.68 Å². The summed E-state index contributed by atoms with van der Waals surface area (Å²) >= 11 is 1.65. The lowest BCUT2D eigenvalue weighted by Gasteiger charge is -2.07. The van der Waals surface area contributed by atoms with Gasteiger partial charge in [0.1, 0.15) is 5.75 Å². The van der Waals surface area contributed by atoms with Gasteiger partial charge in [-0.1, -0.05) is 66.4 Å². The normalized spacial score (nSPS) is 11.0. The molecule has 0 N–H and O–H groups in total. The molecule has 1 aromatic heterocycles. The van der Waals surface area contributed by atoms with Crippen LogP contribution in [0, 0.1) is 0 Å². The van der Waals surface area contributed by atoms with E-state index in [4.69, 9.17) is 4.74 Å². The predicted molar refractivity (Wildman–Crippen MR) is 103 cm³/mol. The molecule has 130 valence electrons. The van der Waals surface area contributed by atoms with Crippen LogP contribution in [-0.4, -0.2) is 27.3 Å². The number of rotatable bonds is 6. The molecule has 6 heteroatoms. The quantitative estimate of drug-likeness (QED) is 0.482. The number of hydrogen-bond donors (Lipinski definition) is 0. The maximum Gasteiger partial charge on any atom is 0.209 e. The molecule has 0 amide bonds. The molecule has 0 unspecified atom stereocenters. The van der Waals surface area contributed by atoms with Crippen LogP contribution in [0.1, 0.15) is 11.1 Å². The Bertz CT molecular complexity index is 1010. The largest absolute Gasteiger partial charge is 0.497 e. The highest BCUT2D eigenvalue weighted by Crippen LogP contribution is 2.26. The Balaban J connectivity index is 1.50. The lowest BCUT2D eigenvalue weighted by atomic mass is 10.1. The minimum atomic E-state index is 0.634. The summed E-state index contributed by atoms with van der Waals surface area (Å²) in [6, 6.07) is 22.8. The van der Waals surface area contributed by atoms with Crippen LogP contribution >= 0.6 is 11.8 Å². The Kier molecular flexibility index (Phi) is 4.84. The maximum absolute atomic E-state index is 5.20. The van der Waals surface area contributed by atoms with E-state index in [1.807, 2.05) is 28.9 Å². The molecule has 0 aliphatic rings. The smallest absolute Gasteiger partial charge is 0.209 e. The van der Waals surface area contributed by atoms with Crippen molar-refractivity contribution in [3.63, 3.8) is 0 Å². The number of tetrazole rings is 1. The third-order valence-electron chi connectivity index (χ3n) is 4.23. The van der Waals surface area contributed by atoms with E-state index in [9.17, 15) is 0 Å². The summed E-state index contributed by atoms with van der Waals surface area (Å²) < 4.78 is 7.03. The van der Waals surface area contributed by atoms with Crippen LogP contribution in [0.25, 0.3) is 10.8 Å². The number of thioether (sulfide) groups is 1. The highest BCUT2D eigenvalue weighted by molar-refractivity contribution is 7.98. The highest BCUT2D eigenvalue weighted by Gasteiger charge is 2.09. The van der Waals surface area contributed by atoms with E-state index in [0.717, 1.165) is 22.2 Å². The van der Waals surface area contributed by atoms with E-state index in [2.05, 4.69) is 58.0 Å². The Labute approximate surface area is 156 Å². The van der Waals surface area contributed by atoms with E-state index in [0.29, 0.717) is 6.54 Å². The number of benzene rings is 3. The summed E-state index contributed by atoms with van der Waals surface area (Å²) in [5, 5.41) is 15.5. The monoisotopic (exact) mass is 362 g/mol. The summed E-state index contributed by atoms with van der Waals surface area (Å²) in [4.78, 5) is 0. The molecule has 26 heavy (non-hydrogen) atoms. The van der Waals surface area contributed by atoms with Gasteiger partial charge in [0.15, 0.2) is 0 Å². The second-order valence-electron chi connectivity index (χ2n) is 5.89. The number of aromatic nitrogens is 4. The fraction of sp³-hybridized carbons (Fsp3) is 0.150. The van der Waals surface area contributed by atoms with Gasteiger partial charge in [0.2, 0.25) is 5.16 Å². The molecule has 0 fully saturated rings. The molecule has 0 atom stereocenters. The van der Waals surface area contributed by atoms with Gasteiger partial charge in [0, 0.05) is 5.75 Å². The van der Waals surface area contributed by atoms with Crippen LogP contribution in [0.5, 0.6) is 5.75 Å². The van der Waals surface area contributed by atoms with Crippen molar-refractivity contribution in [3.8, 4) is 5.75 Å². The SMILES string of the molecule is COc1ccc(Cn2nnnc2SCc2cccc3ccccc23)cc1. The first kappa shape index (κ1) is 16.6. The van der Waals surface area contributed by atoms with Gasteiger partial charge >= 0.3 is 0 Å². The second-order valence-corrected chi connectivity index (χ2v) is 6.84. The third-order valence-corrected chi connectivity index (χ3v) is 5.23. The van der Waals surface area contributed by atoms with Gasteiger partial charge in [-0.2, -0.15) is 0 Å². The van der Waals surface area contributed by atoms with Gasteiger partial charge in [-0.15, -0.1) is 5.10 Å². The zero-order valence-corrected chi connectivity index (χ0v) is 15.2. The predicted octanol–water partition coefficient (Wildman–Crippen LogP) is 4.18. The molecular formula is C20H18N4OS. The maximum atomic E-state index is 5.20. The zero-order valence-electron chi connectivity index (χ0n) is 14.4. The minimum absolute atomic E-state index is 0.634. The molecule has 5 nitrogen and oxygen atoms in total. The number of fused-ring (bicyclic) bond motifs is 1. The van der Waals surface area contributed by atoms with Gasteiger partial charge in [0.25, 0.3) is 0 Å². The van der Waals surface area contributed by atoms with E-state index in [1.165, 1.54) is 16.3 Å². The molecule has 0 radical (unpaired) electrons. The zero-order chi connectivity index (χ0) is 17.8. The Morgan fingerprint density at radius 1 is 0.962 bits per heavy atom. The van der Waals surface area contributed by atoms with E-state index in [-0.39, 0.29) is 0 Å². The van der Waals surface area contributed by atoms with Gasteiger partial charge in [-0.3, -0.25) is 0 Å². The van der Waals surface area contributed by atoms with E-state index >= 15 is 0 Å². The summed E-state index contributed by atoms with van der Waals surface area (Å²) in [5.74, 6) is 1.67. The lowest BCUT2D eigenvalue weighted by Crippen LogP contribution is -2.04. The molecule has 1 heterocycles. The van der Waals surface area contributed by atoms with Gasteiger partial charge in [0.05, 0.1) is 13.7 Å². The lowest BCUT2D eigenvalue weighted by molar-refractivity contribution is 0.414. The Morgan fingerprint density at radius 3 is 2.62 bits per heavy atom. The van der Waals surface area contributed by atoms with Crippen molar-refractivity contribution in [2.24, 2.45) is 0 Å². The molecule has 0 bridgehead atoms. The molecule has 3 aromatic carbocycles. The molecule has 4 rings (SSSR count). The third kappa shape index (κ3) is 3.55. The van der Waals surface area contributed by atoms with Crippen LogP contribution in [-0.2, 0) is 12.3 Å². The highest BCUT2D eigenvalue weighted by atomic mass is 32.2. The average Bonchev–Trinajstić information content (AvgIpc) is 3.14. The fourth-order valence-electron chi connectivity index (χ4n) is 2.86. The number of hydrogen-bond acceptors (Lipinski definition) is 5. The van der Waals surface area contributed by atoms with Crippen LogP contribution in [0.15, 0.2) is 71.9 Å². The van der Waals surface area contributed by atoms with Crippen molar-refractivity contribution in [2.75, 3.05) is 7.11 Å². The summed E-state index contributed by atoms with van der Waals surface area (Å²) in [5.41, 5.74) is 2.41. The first-order valence-corrected chi connectivity index (χ1v) is 9.30. The van der Waals surface area contributed by atoms with Crippen molar-refractivity contribution in [1.29, 1.82) is 0 Å². The summed E-state index contributed by atoms with van der Waals surface area (Å²) in [6.07, 6.45) is 0. The van der Waals surface area contributed by atoms with Crippen LogP contribution < -0.4 is 4.74 Å². The Hall–Kier alpha value is -2.86. The van der Waals surface area contributed by atoms with Gasteiger partial charge < -0.3 is 4.74 Å². The molecule has 0 saturated carbocycles. The molecular weight excluding hydrogens is 344 g/mol. The van der Waals surface area contributed by atoms with Crippen molar-refractivity contribution < 1.29 is 4.74 Å². The number of methoxy groups -OCH3 is 1. The van der Waals surface area contributed by atoms with E-state index in [1.54, 1.807) is 18.9 Å². The molecule has 0 aliphatic carbocycles. The van der Waals surface area contributed by atoms with Crippen molar-refractivity contribution in [3.05, 3.63) is 77.9 Å². The van der Waals surface area contributed by atoms with Crippen LogP contribution in [0.3, 0.4) is 0 Å². The summed E-state index contributed by atoms with van der Waals surface area (Å²) in [6.45, 7) is 0.634. The molecule has 4 aromatic rings. The van der Waals surface area contributed by atoms with Crippen molar-refractivity contribution >= 4 is 22.5 Å². The molecule has 0 spiro atoms. The molecule has 0 saturated heterocycles. The minimum Gasteiger partial charge on any atom is -0.497 e. The van der Waals surface area contributed by atoms with Crippen LogP contribution in [0.4, 0.5) is 0 Å². The molecule has 0 aliphatic heterocycles. The first-order valence-electron chi connectivity index (χ1n) is 8.32. The van der Waals surface area contributed by atoms with Crippen molar-refractivity contribution in [1.82, 2.24) is 20.2 Å². The van der Waals surface area contributed by atoms with Crippen molar-refractivity contribution in [2.45, 2.75) is 17.5 Å². The Morgan fingerprint density at radius 2 is 1.77 bits per heavy atom. The standard InChI is InChI=1S/C20H18N4OS/c1-25-18-11-9-15(10-12-18)13-24-20(21-22-23-24)26-14-17-7-4-6-16-5-2-3-8-19(16)17/h2-12H,13-14H2,1H3. The summed E-state index contributed by atoms with van der Waals surface area (Å²) in [7, 11) is 1.67. The van der Waals surface area contributed by atoms with Gasteiger partial charge in [-0.05, 0) is 44.5 Å². The van der Waals surface area contributed by atoms with E-state index < -0.39 is 0 Å². The topological polar surface area (TPSA) is 52.8 Å². The number of ether oxygens (including phenoxy) is 1. The average molecular weight is 362 g/mol.